The minimum absolute atomic E-state index is 0.211. The standard InChI is InChI=1S/C18H23N5O2/c1-14-9-15(11-19-10-14)5-6-17(24)20-12-18-21-16(22-25-18)13-23-7-3-2-4-8-23/h5-6,9-11H,2-4,7-8,12-13H2,1H3,(H,20,24). The number of piperidine rings is 1. The van der Waals surface area contributed by atoms with Crippen LogP contribution in [0.2, 0.25) is 0 Å². The number of hydrogen-bond acceptors (Lipinski definition) is 6. The van der Waals surface area contributed by atoms with Crippen molar-refractivity contribution in [3.8, 4) is 0 Å². The summed E-state index contributed by atoms with van der Waals surface area (Å²) in [5.74, 6) is 0.885. The van der Waals surface area contributed by atoms with E-state index in [2.05, 4.69) is 25.3 Å². The van der Waals surface area contributed by atoms with Crippen LogP contribution in [0.4, 0.5) is 0 Å². The van der Waals surface area contributed by atoms with E-state index in [4.69, 9.17) is 4.52 Å². The van der Waals surface area contributed by atoms with Crippen molar-refractivity contribution in [3.05, 3.63) is 47.4 Å². The molecule has 0 saturated carbocycles. The van der Waals surface area contributed by atoms with E-state index in [9.17, 15) is 4.79 Å². The molecule has 132 valence electrons. The summed E-state index contributed by atoms with van der Waals surface area (Å²) < 4.78 is 5.20. The van der Waals surface area contributed by atoms with E-state index in [1.165, 1.54) is 25.3 Å². The van der Waals surface area contributed by atoms with Crippen molar-refractivity contribution in [1.29, 1.82) is 0 Å². The predicted octanol–water partition coefficient (Wildman–Crippen LogP) is 2.09. The second kappa shape index (κ2) is 8.53. The van der Waals surface area contributed by atoms with Crippen LogP contribution in [0, 0.1) is 6.92 Å². The average Bonchev–Trinajstić information content (AvgIpc) is 3.06. The van der Waals surface area contributed by atoms with Gasteiger partial charge >= 0.3 is 0 Å². The van der Waals surface area contributed by atoms with Gasteiger partial charge in [0, 0.05) is 18.5 Å². The Kier molecular flexibility index (Phi) is 5.90. The van der Waals surface area contributed by atoms with Gasteiger partial charge in [0.1, 0.15) is 0 Å². The van der Waals surface area contributed by atoms with Crippen molar-refractivity contribution in [2.45, 2.75) is 39.3 Å². The van der Waals surface area contributed by atoms with Crippen LogP contribution in [-0.4, -0.2) is 39.0 Å². The maximum Gasteiger partial charge on any atom is 0.246 e. The van der Waals surface area contributed by atoms with Crippen molar-refractivity contribution in [3.63, 3.8) is 0 Å². The number of aromatic nitrogens is 3. The Morgan fingerprint density at radius 3 is 2.96 bits per heavy atom. The molecule has 1 amide bonds. The number of hydrogen-bond donors (Lipinski definition) is 1. The molecular weight excluding hydrogens is 318 g/mol. The third kappa shape index (κ3) is 5.49. The van der Waals surface area contributed by atoms with Gasteiger partial charge in [-0.2, -0.15) is 4.98 Å². The van der Waals surface area contributed by atoms with Crippen LogP contribution in [0.5, 0.6) is 0 Å². The van der Waals surface area contributed by atoms with Gasteiger partial charge < -0.3 is 9.84 Å². The summed E-state index contributed by atoms with van der Waals surface area (Å²) >= 11 is 0. The molecule has 1 aliphatic heterocycles. The van der Waals surface area contributed by atoms with E-state index in [-0.39, 0.29) is 12.5 Å². The first kappa shape index (κ1) is 17.3. The zero-order chi connectivity index (χ0) is 17.5. The quantitative estimate of drug-likeness (QED) is 0.810. The lowest BCUT2D eigenvalue weighted by Crippen LogP contribution is -2.29. The Labute approximate surface area is 147 Å². The Morgan fingerprint density at radius 1 is 1.32 bits per heavy atom. The third-order valence-electron chi connectivity index (χ3n) is 4.06. The van der Waals surface area contributed by atoms with E-state index in [0.717, 1.165) is 24.2 Å². The van der Waals surface area contributed by atoms with Crippen molar-refractivity contribution in [2.24, 2.45) is 0 Å². The molecule has 2 aromatic heterocycles. The summed E-state index contributed by atoms with van der Waals surface area (Å²) in [6, 6.07) is 1.96. The van der Waals surface area contributed by atoms with Crippen LogP contribution in [0.25, 0.3) is 6.08 Å². The van der Waals surface area contributed by atoms with Crippen molar-refractivity contribution in [2.75, 3.05) is 13.1 Å². The highest BCUT2D eigenvalue weighted by atomic mass is 16.5. The summed E-state index contributed by atoms with van der Waals surface area (Å²) in [6.07, 6.45) is 10.4. The molecule has 7 heteroatoms. The lowest BCUT2D eigenvalue weighted by atomic mass is 10.1. The second-order valence-electron chi connectivity index (χ2n) is 6.29. The zero-order valence-corrected chi connectivity index (χ0v) is 14.4. The van der Waals surface area contributed by atoms with Gasteiger partial charge in [0.2, 0.25) is 11.8 Å². The lowest BCUT2D eigenvalue weighted by molar-refractivity contribution is -0.116. The Morgan fingerprint density at radius 2 is 2.16 bits per heavy atom. The number of amides is 1. The topological polar surface area (TPSA) is 84.2 Å². The van der Waals surface area contributed by atoms with Crippen LogP contribution in [0.1, 0.15) is 42.1 Å². The number of rotatable bonds is 6. The lowest BCUT2D eigenvalue weighted by Gasteiger charge is -2.24. The van der Waals surface area contributed by atoms with E-state index in [0.29, 0.717) is 18.3 Å². The summed E-state index contributed by atoms with van der Waals surface area (Å²) in [4.78, 5) is 22.6. The fourth-order valence-electron chi connectivity index (χ4n) is 2.81. The van der Waals surface area contributed by atoms with Gasteiger partial charge in [0.25, 0.3) is 0 Å². The van der Waals surface area contributed by atoms with Crippen LogP contribution in [0.3, 0.4) is 0 Å². The number of aryl methyl sites for hydroxylation is 1. The number of pyridine rings is 1. The SMILES string of the molecule is Cc1cncc(C=CC(=O)NCc2nc(CN3CCCCC3)no2)c1. The first-order valence-electron chi connectivity index (χ1n) is 8.60. The van der Waals surface area contributed by atoms with Gasteiger partial charge in [-0.05, 0) is 56.1 Å². The fraction of sp³-hybridized carbons (Fsp3) is 0.444. The predicted molar refractivity (Wildman–Crippen MR) is 93.3 cm³/mol. The number of nitrogens with zero attached hydrogens (tertiary/aromatic N) is 4. The van der Waals surface area contributed by atoms with Crippen LogP contribution < -0.4 is 5.32 Å². The molecule has 2 aromatic rings. The smallest absolute Gasteiger partial charge is 0.246 e. The Bertz CT molecular complexity index is 735. The molecule has 3 heterocycles. The average molecular weight is 341 g/mol. The normalized spacial score (nSPS) is 15.6. The van der Waals surface area contributed by atoms with E-state index >= 15 is 0 Å². The van der Waals surface area contributed by atoms with Crippen LogP contribution in [-0.2, 0) is 17.9 Å². The van der Waals surface area contributed by atoms with Gasteiger partial charge in [-0.1, -0.05) is 11.6 Å². The maximum absolute atomic E-state index is 11.9. The maximum atomic E-state index is 11.9. The van der Waals surface area contributed by atoms with Gasteiger partial charge in [-0.3, -0.25) is 14.7 Å². The molecule has 25 heavy (non-hydrogen) atoms. The first-order chi connectivity index (χ1) is 12.2. The summed E-state index contributed by atoms with van der Waals surface area (Å²) in [6.45, 7) is 5.06. The molecule has 1 N–H and O–H groups in total. The molecule has 1 saturated heterocycles. The molecule has 0 atom stereocenters. The number of carbonyl (C=O) groups excluding carboxylic acids is 1. The van der Waals surface area contributed by atoms with Crippen molar-refractivity contribution >= 4 is 12.0 Å². The number of nitrogens with one attached hydrogen (secondary N) is 1. The summed E-state index contributed by atoms with van der Waals surface area (Å²) in [5, 5.41) is 6.73. The monoisotopic (exact) mass is 341 g/mol. The third-order valence-corrected chi connectivity index (χ3v) is 4.06. The minimum atomic E-state index is -0.211. The Hall–Kier alpha value is -2.54. The van der Waals surface area contributed by atoms with Gasteiger partial charge in [-0.25, -0.2) is 0 Å². The van der Waals surface area contributed by atoms with E-state index in [1.807, 2.05) is 13.0 Å². The minimum Gasteiger partial charge on any atom is -0.343 e. The molecule has 0 spiro atoms. The molecule has 0 aliphatic carbocycles. The second-order valence-corrected chi connectivity index (χ2v) is 6.29. The highest BCUT2D eigenvalue weighted by molar-refractivity contribution is 5.91. The van der Waals surface area contributed by atoms with Crippen LogP contribution in [0.15, 0.2) is 29.1 Å². The van der Waals surface area contributed by atoms with Gasteiger partial charge in [-0.15, -0.1) is 0 Å². The molecule has 0 bridgehead atoms. The molecule has 0 radical (unpaired) electrons. The molecule has 0 unspecified atom stereocenters. The van der Waals surface area contributed by atoms with Crippen LogP contribution >= 0.6 is 0 Å². The van der Waals surface area contributed by atoms with Gasteiger partial charge in [0.05, 0.1) is 13.1 Å². The van der Waals surface area contributed by atoms with E-state index in [1.54, 1.807) is 18.5 Å². The number of likely N-dealkylation sites (tertiary alicyclic amines) is 1. The first-order valence-corrected chi connectivity index (χ1v) is 8.60. The molecule has 7 nitrogen and oxygen atoms in total. The molecule has 0 aromatic carbocycles. The molecule has 1 aliphatic rings. The summed E-state index contributed by atoms with van der Waals surface area (Å²) in [7, 11) is 0. The Balaban J connectivity index is 1.45. The van der Waals surface area contributed by atoms with Crippen molar-refractivity contribution < 1.29 is 9.32 Å². The highest BCUT2D eigenvalue weighted by Crippen LogP contribution is 2.11. The zero-order valence-electron chi connectivity index (χ0n) is 14.4. The largest absolute Gasteiger partial charge is 0.343 e. The number of carbonyl (C=O) groups is 1. The van der Waals surface area contributed by atoms with E-state index < -0.39 is 0 Å². The molecule has 1 fully saturated rings. The summed E-state index contributed by atoms with van der Waals surface area (Å²) in [5.41, 5.74) is 1.94. The fourth-order valence-corrected chi connectivity index (χ4v) is 2.81. The highest BCUT2D eigenvalue weighted by Gasteiger charge is 2.14. The molecular formula is C18H23N5O2. The van der Waals surface area contributed by atoms with Crippen molar-refractivity contribution in [1.82, 2.24) is 25.3 Å². The van der Waals surface area contributed by atoms with Gasteiger partial charge in [0.15, 0.2) is 5.82 Å². The molecule has 3 rings (SSSR count).